The van der Waals surface area contributed by atoms with Gasteiger partial charge in [-0.05, 0) is 43.1 Å². The number of nitrogens with zero attached hydrogens (tertiary/aromatic N) is 1. The Morgan fingerprint density at radius 2 is 2.17 bits per heavy atom. The van der Waals surface area contributed by atoms with Gasteiger partial charge in [-0.3, -0.25) is 0 Å². The Morgan fingerprint density at radius 1 is 1.44 bits per heavy atom. The van der Waals surface area contributed by atoms with Crippen LogP contribution in [0.1, 0.15) is 21.6 Å². The first-order valence-corrected chi connectivity index (χ1v) is 6.37. The van der Waals surface area contributed by atoms with Crippen molar-refractivity contribution in [2.75, 3.05) is 5.32 Å². The fourth-order valence-corrected chi connectivity index (χ4v) is 2.53. The van der Waals surface area contributed by atoms with Gasteiger partial charge in [0.25, 0.3) is 0 Å². The van der Waals surface area contributed by atoms with Crippen LogP contribution in [-0.4, -0.2) is 15.4 Å². The van der Waals surface area contributed by atoms with Gasteiger partial charge in [0, 0.05) is 10.7 Å². The maximum atomic E-state index is 11.1. The van der Waals surface area contributed by atoms with Crippen molar-refractivity contribution in [3.63, 3.8) is 0 Å². The molecule has 4 nitrogen and oxygen atoms in total. The molecule has 1 aromatic heterocycles. The third kappa shape index (κ3) is 2.47. The number of nitrogens with one attached hydrogen (secondary N) is 1. The number of carboxylic acid groups (broad SMARTS) is 1. The largest absolute Gasteiger partial charge is 0.478 e. The van der Waals surface area contributed by atoms with Gasteiger partial charge >= 0.3 is 5.97 Å². The smallest absolute Gasteiger partial charge is 0.340 e. The van der Waals surface area contributed by atoms with Crippen LogP contribution in [0.15, 0.2) is 18.2 Å². The summed E-state index contributed by atoms with van der Waals surface area (Å²) in [6.07, 6.45) is 0. The van der Waals surface area contributed by atoms with E-state index in [-0.39, 0.29) is 5.56 Å². The second-order valence-electron chi connectivity index (χ2n) is 3.86. The molecule has 0 atom stereocenters. The molecule has 0 aliphatic carbocycles. The Kier molecular flexibility index (Phi) is 3.54. The Labute approximate surface area is 113 Å². The second kappa shape index (κ2) is 4.96. The zero-order valence-corrected chi connectivity index (χ0v) is 11.4. The minimum Gasteiger partial charge on any atom is -0.478 e. The van der Waals surface area contributed by atoms with Crippen molar-refractivity contribution in [2.45, 2.75) is 13.8 Å². The monoisotopic (exact) mass is 282 g/mol. The molecule has 2 N–H and O–H groups in total. The Bertz CT molecular complexity index is 610. The number of aryl methyl sites for hydroxylation is 2. The highest BCUT2D eigenvalue weighted by Gasteiger charge is 2.18. The number of carbonyl (C=O) groups is 1. The highest BCUT2D eigenvalue weighted by atomic mass is 35.5. The maximum Gasteiger partial charge on any atom is 0.340 e. The van der Waals surface area contributed by atoms with Crippen molar-refractivity contribution in [2.24, 2.45) is 0 Å². The third-order valence-corrected chi connectivity index (χ3v) is 3.61. The molecule has 0 bridgehead atoms. The molecule has 1 aromatic carbocycles. The molecule has 0 aliphatic heterocycles. The number of aromatic carboxylic acids is 1. The van der Waals surface area contributed by atoms with E-state index >= 15 is 0 Å². The van der Waals surface area contributed by atoms with Gasteiger partial charge < -0.3 is 10.4 Å². The fourth-order valence-electron chi connectivity index (χ4n) is 1.56. The van der Waals surface area contributed by atoms with Crippen molar-refractivity contribution >= 4 is 39.8 Å². The van der Waals surface area contributed by atoms with Gasteiger partial charge in [0.2, 0.25) is 0 Å². The van der Waals surface area contributed by atoms with Crippen LogP contribution in [0, 0.1) is 13.8 Å². The number of carboxylic acids is 1. The molecule has 18 heavy (non-hydrogen) atoms. The summed E-state index contributed by atoms with van der Waals surface area (Å²) < 4.78 is 4.05. The number of hydrogen-bond acceptors (Lipinski definition) is 4. The third-order valence-electron chi connectivity index (χ3n) is 2.52. The zero-order chi connectivity index (χ0) is 13.3. The predicted octanol–water partition coefficient (Wildman–Crippen LogP) is 3.86. The SMILES string of the molecule is Cc1ccc(Cl)cc1Nc1snc(C)c1C(=O)O. The van der Waals surface area contributed by atoms with E-state index in [1.54, 1.807) is 19.1 Å². The second-order valence-corrected chi connectivity index (χ2v) is 5.07. The summed E-state index contributed by atoms with van der Waals surface area (Å²) in [7, 11) is 0. The van der Waals surface area contributed by atoms with Crippen molar-refractivity contribution in [1.82, 2.24) is 4.37 Å². The van der Waals surface area contributed by atoms with Crippen molar-refractivity contribution in [1.29, 1.82) is 0 Å². The fraction of sp³-hybridized carbons (Fsp3) is 0.167. The summed E-state index contributed by atoms with van der Waals surface area (Å²) in [5.41, 5.74) is 2.49. The van der Waals surface area contributed by atoms with E-state index < -0.39 is 5.97 Å². The molecule has 0 amide bonds. The van der Waals surface area contributed by atoms with Gasteiger partial charge in [-0.2, -0.15) is 4.37 Å². The Hall–Kier alpha value is -1.59. The molecule has 2 rings (SSSR count). The van der Waals surface area contributed by atoms with Gasteiger partial charge in [0.1, 0.15) is 10.6 Å². The lowest BCUT2D eigenvalue weighted by molar-refractivity contribution is 0.0697. The summed E-state index contributed by atoms with van der Waals surface area (Å²) in [4.78, 5) is 11.1. The van der Waals surface area contributed by atoms with E-state index in [2.05, 4.69) is 9.69 Å². The predicted molar refractivity (Wildman–Crippen MR) is 73.3 cm³/mol. The first-order chi connectivity index (χ1) is 8.49. The molecule has 0 spiro atoms. The number of hydrogen-bond donors (Lipinski definition) is 2. The average molecular weight is 283 g/mol. The lowest BCUT2D eigenvalue weighted by atomic mass is 10.2. The lowest BCUT2D eigenvalue weighted by Gasteiger charge is -2.08. The molecular weight excluding hydrogens is 272 g/mol. The van der Waals surface area contributed by atoms with E-state index in [1.165, 1.54) is 0 Å². The van der Waals surface area contributed by atoms with E-state index in [0.29, 0.717) is 15.7 Å². The maximum absolute atomic E-state index is 11.1. The van der Waals surface area contributed by atoms with E-state index in [9.17, 15) is 4.79 Å². The van der Waals surface area contributed by atoms with Crippen molar-refractivity contribution in [3.05, 3.63) is 40.0 Å². The van der Waals surface area contributed by atoms with Gasteiger partial charge in [0.05, 0.1) is 5.69 Å². The van der Waals surface area contributed by atoms with Gasteiger partial charge in [-0.25, -0.2) is 4.79 Å². The summed E-state index contributed by atoms with van der Waals surface area (Å²) in [5.74, 6) is -0.983. The summed E-state index contributed by atoms with van der Waals surface area (Å²) in [6, 6.07) is 5.43. The molecule has 0 unspecified atom stereocenters. The summed E-state index contributed by atoms with van der Waals surface area (Å²) in [6.45, 7) is 3.60. The zero-order valence-electron chi connectivity index (χ0n) is 9.82. The van der Waals surface area contributed by atoms with Crippen LogP contribution in [0.25, 0.3) is 0 Å². The average Bonchev–Trinajstić information content (AvgIpc) is 2.65. The minimum atomic E-state index is -0.983. The molecule has 6 heteroatoms. The van der Waals surface area contributed by atoms with E-state index in [0.717, 1.165) is 22.8 Å². The Morgan fingerprint density at radius 3 is 2.83 bits per heavy atom. The van der Waals surface area contributed by atoms with Crippen LogP contribution in [0.2, 0.25) is 5.02 Å². The summed E-state index contributed by atoms with van der Waals surface area (Å²) >= 11 is 7.05. The van der Waals surface area contributed by atoms with Crippen LogP contribution in [0.4, 0.5) is 10.7 Å². The first-order valence-electron chi connectivity index (χ1n) is 5.22. The molecule has 0 saturated carbocycles. The topological polar surface area (TPSA) is 62.2 Å². The number of benzene rings is 1. The standard InChI is InChI=1S/C12H11ClN2O2S/c1-6-3-4-8(13)5-9(6)14-11-10(12(16)17)7(2)15-18-11/h3-5,14H,1-2H3,(H,16,17). The van der Waals surface area contributed by atoms with Gasteiger partial charge in [-0.1, -0.05) is 17.7 Å². The van der Waals surface area contributed by atoms with E-state index in [1.807, 2.05) is 13.0 Å². The number of anilines is 2. The highest BCUT2D eigenvalue weighted by molar-refractivity contribution is 7.10. The van der Waals surface area contributed by atoms with E-state index in [4.69, 9.17) is 16.7 Å². The number of rotatable bonds is 3. The normalized spacial score (nSPS) is 10.4. The first kappa shape index (κ1) is 12.9. The van der Waals surface area contributed by atoms with Crippen LogP contribution < -0.4 is 5.32 Å². The van der Waals surface area contributed by atoms with Crippen molar-refractivity contribution < 1.29 is 9.90 Å². The van der Waals surface area contributed by atoms with Crippen LogP contribution in [0.3, 0.4) is 0 Å². The van der Waals surface area contributed by atoms with Gasteiger partial charge in [0.15, 0.2) is 0 Å². The number of halogens is 1. The molecule has 1 heterocycles. The Balaban J connectivity index is 2.40. The molecule has 0 aliphatic rings. The molecule has 94 valence electrons. The van der Waals surface area contributed by atoms with Crippen LogP contribution in [-0.2, 0) is 0 Å². The molecule has 2 aromatic rings. The van der Waals surface area contributed by atoms with Gasteiger partial charge in [-0.15, -0.1) is 0 Å². The number of aromatic nitrogens is 1. The molecule has 0 fully saturated rings. The molecule has 0 radical (unpaired) electrons. The quantitative estimate of drug-likeness (QED) is 0.897. The van der Waals surface area contributed by atoms with Crippen LogP contribution >= 0.6 is 23.1 Å². The molecular formula is C12H11ClN2O2S. The minimum absolute atomic E-state index is 0.208. The highest BCUT2D eigenvalue weighted by Crippen LogP contribution is 2.30. The molecule has 0 saturated heterocycles. The summed E-state index contributed by atoms with van der Waals surface area (Å²) in [5, 5.41) is 13.3. The lowest BCUT2D eigenvalue weighted by Crippen LogP contribution is -2.02. The van der Waals surface area contributed by atoms with Crippen LogP contribution in [0.5, 0.6) is 0 Å². The van der Waals surface area contributed by atoms with Crippen molar-refractivity contribution in [3.8, 4) is 0 Å².